The van der Waals surface area contributed by atoms with Gasteiger partial charge in [-0.1, -0.05) is 5.16 Å². The van der Waals surface area contributed by atoms with E-state index < -0.39 is 29.8 Å². The van der Waals surface area contributed by atoms with Crippen molar-refractivity contribution in [2.75, 3.05) is 30.0 Å². The molecule has 0 saturated carbocycles. The lowest BCUT2D eigenvalue weighted by atomic mass is 9.99. The largest absolute Gasteiger partial charge is 0.421 e. The van der Waals surface area contributed by atoms with Crippen LogP contribution in [0.3, 0.4) is 0 Å². The fourth-order valence-electron chi connectivity index (χ4n) is 3.32. The Balaban J connectivity index is 1.23. The van der Waals surface area contributed by atoms with Crippen LogP contribution in [0.5, 0.6) is 0 Å². The molecule has 3 aromatic heterocycles. The summed E-state index contributed by atoms with van der Waals surface area (Å²) in [5.41, 5.74) is -0.261. The summed E-state index contributed by atoms with van der Waals surface area (Å²) in [6, 6.07) is 2.91. The first-order chi connectivity index (χ1) is 16.6. The fraction of sp³-hybridized carbons (Fsp3) is 0.450. The predicted octanol–water partition coefficient (Wildman–Crippen LogP) is 2.73. The van der Waals surface area contributed by atoms with E-state index in [0.29, 0.717) is 35.6 Å². The van der Waals surface area contributed by atoms with Gasteiger partial charge in [0.15, 0.2) is 5.82 Å². The van der Waals surface area contributed by atoms with Crippen molar-refractivity contribution in [3.63, 3.8) is 0 Å². The molecule has 1 aliphatic rings. The summed E-state index contributed by atoms with van der Waals surface area (Å²) < 4.78 is 74.4. The molecule has 3 aromatic rings. The third kappa shape index (κ3) is 5.72. The van der Waals surface area contributed by atoms with Crippen LogP contribution in [0.4, 0.5) is 27.8 Å². The molecule has 15 heteroatoms. The molecule has 0 bridgehead atoms. The van der Waals surface area contributed by atoms with Gasteiger partial charge in [-0.05, 0) is 25.1 Å². The number of aromatic nitrogens is 5. The van der Waals surface area contributed by atoms with E-state index in [9.17, 15) is 26.7 Å². The second-order valence-electron chi connectivity index (χ2n) is 7.90. The summed E-state index contributed by atoms with van der Waals surface area (Å²) >= 11 is 0. The maximum absolute atomic E-state index is 12.8. The Morgan fingerprint density at radius 3 is 2.69 bits per heavy atom. The van der Waals surface area contributed by atoms with Gasteiger partial charge in [-0.3, -0.25) is 4.79 Å². The molecule has 1 atom stereocenters. The van der Waals surface area contributed by atoms with Crippen LogP contribution in [0.15, 0.2) is 39.9 Å². The maximum atomic E-state index is 12.8. The van der Waals surface area contributed by atoms with E-state index >= 15 is 0 Å². The van der Waals surface area contributed by atoms with Crippen LogP contribution in [-0.2, 0) is 17.5 Å². The van der Waals surface area contributed by atoms with Gasteiger partial charge < -0.3 is 19.6 Å². The van der Waals surface area contributed by atoms with Gasteiger partial charge in [0.25, 0.3) is 17.9 Å². The molecule has 1 unspecified atom stereocenters. The first kappa shape index (κ1) is 24.5. The number of hydrogen-bond acceptors (Lipinski definition) is 9. The minimum atomic E-state index is -4.79. The third-order valence-electron chi connectivity index (χ3n) is 5.16. The van der Waals surface area contributed by atoms with Gasteiger partial charge >= 0.3 is 6.18 Å². The van der Waals surface area contributed by atoms with E-state index in [1.165, 1.54) is 12.1 Å². The summed E-state index contributed by atoms with van der Waals surface area (Å²) in [5, 5.41) is 7.52. The van der Waals surface area contributed by atoms with Crippen LogP contribution in [-0.4, -0.2) is 50.8 Å². The zero-order chi connectivity index (χ0) is 25.2. The van der Waals surface area contributed by atoms with Crippen LogP contribution in [0.2, 0.25) is 0 Å². The van der Waals surface area contributed by atoms with Crippen molar-refractivity contribution in [3.05, 3.63) is 63.8 Å². The van der Waals surface area contributed by atoms with E-state index in [1.54, 1.807) is 6.92 Å². The molecule has 1 aliphatic heterocycles. The standard InChI is InChI=1S/C20H20F5N7O3/c1-11(29-32-19(33)14(4-5-27-32)20(23,24)25)9-34-10-16-28-18(30-35-16)13-7-31(8-13)15-3-2-12(6-26-15)17(21)22/h2-6,11,13,17,29H,7-10H2,1H3. The van der Waals surface area contributed by atoms with Gasteiger partial charge in [-0.2, -0.15) is 23.3 Å². The van der Waals surface area contributed by atoms with E-state index in [1.807, 2.05) is 4.90 Å². The molecule has 0 radical (unpaired) electrons. The van der Waals surface area contributed by atoms with E-state index in [-0.39, 0.29) is 30.6 Å². The molecule has 1 fully saturated rings. The van der Waals surface area contributed by atoms with Crippen molar-refractivity contribution in [3.8, 4) is 0 Å². The smallest absolute Gasteiger partial charge is 0.369 e. The number of rotatable bonds is 9. The molecule has 0 aromatic carbocycles. The van der Waals surface area contributed by atoms with Crippen LogP contribution in [0.25, 0.3) is 0 Å². The van der Waals surface area contributed by atoms with Crippen molar-refractivity contribution in [2.45, 2.75) is 38.1 Å². The van der Waals surface area contributed by atoms with E-state index in [2.05, 4.69) is 25.6 Å². The third-order valence-corrected chi connectivity index (χ3v) is 5.16. The van der Waals surface area contributed by atoms with Gasteiger partial charge in [-0.25, -0.2) is 13.8 Å². The molecule has 188 valence electrons. The van der Waals surface area contributed by atoms with E-state index in [0.717, 1.165) is 12.4 Å². The molecule has 10 nitrogen and oxygen atoms in total. The highest BCUT2D eigenvalue weighted by Gasteiger charge is 2.35. The topological polar surface area (TPSA) is 111 Å². The van der Waals surface area contributed by atoms with Crippen LogP contribution >= 0.6 is 0 Å². The second-order valence-corrected chi connectivity index (χ2v) is 7.90. The summed E-state index contributed by atoms with van der Waals surface area (Å²) in [6.07, 6.45) is -5.33. The number of nitrogens with one attached hydrogen (secondary N) is 1. The summed E-state index contributed by atoms with van der Waals surface area (Å²) in [7, 11) is 0. The molecule has 0 amide bonds. The van der Waals surface area contributed by atoms with Crippen LogP contribution in [0, 0.1) is 0 Å². The molecule has 0 spiro atoms. The zero-order valence-corrected chi connectivity index (χ0v) is 18.2. The van der Waals surface area contributed by atoms with Gasteiger partial charge in [0.05, 0.1) is 24.8 Å². The lowest BCUT2D eigenvalue weighted by molar-refractivity contribution is -0.139. The number of halogens is 5. The van der Waals surface area contributed by atoms with Crippen molar-refractivity contribution in [1.82, 2.24) is 25.0 Å². The normalized spacial score (nSPS) is 15.3. The second kappa shape index (κ2) is 9.93. The molecular weight excluding hydrogens is 481 g/mol. The number of alkyl halides is 5. The van der Waals surface area contributed by atoms with E-state index in [4.69, 9.17) is 9.26 Å². The average Bonchev–Trinajstić information content (AvgIpc) is 3.22. The first-order valence-corrected chi connectivity index (χ1v) is 10.4. The molecule has 1 N–H and O–H groups in total. The van der Waals surface area contributed by atoms with Crippen LogP contribution in [0.1, 0.15) is 42.1 Å². The Hall–Kier alpha value is -3.62. The lowest BCUT2D eigenvalue weighted by Crippen LogP contribution is -2.46. The number of ether oxygens (including phenoxy) is 1. The first-order valence-electron chi connectivity index (χ1n) is 10.4. The van der Waals surface area contributed by atoms with Crippen molar-refractivity contribution in [1.29, 1.82) is 0 Å². The summed E-state index contributed by atoms with van der Waals surface area (Å²) in [4.78, 5) is 22.6. The van der Waals surface area contributed by atoms with Gasteiger partial charge in [0, 0.05) is 24.8 Å². The monoisotopic (exact) mass is 501 g/mol. The van der Waals surface area contributed by atoms with Gasteiger partial charge in [0.1, 0.15) is 18.0 Å². The molecule has 4 heterocycles. The number of pyridine rings is 1. The highest BCUT2D eigenvalue weighted by molar-refractivity contribution is 5.44. The fourth-order valence-corrected chi connectivity index (χ4v) is 3.32. The van der Waals surface area contributed by atoms with Crippen molar-refractivity contribution >= 4 is 5.82 Å². The Bertz CT molecular complexity index is 1190. The Morgan fingerprint density at radius 1 is 1.26 bits per heavy atom. The quantitative estimate of drug-likeness (QED) is 0.443. The molecule has 4 rings (SSSR count). The SMILES string of the molecule is CC(COCc1nc(C2CN(c3ccc(C(F)F)cn3)C2)no1)Nn1nccc(C(F)(F)F)c1=O. The summed E-state index contributed by atoms with van der Waals surface area (Å²) in [5.74, 6) is 1.23. The maximum Gasteiger partial charge on any atom is 0.421 e. The number of nitrogens with zero attached hydrogens (tertiary/aromatic N) is 6. The number of hydrogen-bond donors (Lipinski definition) is 1. The average molecular weight is 501 g/mol. The highest BCUT2D eigenvalue weighted by atomic mass is 19.4. The number of anilines is 1. The Kier molecular flexibility index (Phi) is 6.95. The van der Waals surface area contributed by atoms with Gasteiger partial charge in [-0.15, -0.1) is 4.79 Å². The Labute approximate surface area is 194 Å². The lowest BCUT2D eigenvalue weighted by Gasteiger charge is -2.38. The zero-order valence-electron chi connectivity index (χ0n) is 18.2. The van der Waals surface area contributed by atoms with Crippen molar-refractivity contribution in [2.24, 2.45) is 0 Å². The van der Waals surface area contributed by atoms with Gasteiger partial charge in [0.2, 0.25) is 0 Å². The molecule has 1 saturated heterocycles. The summed E-state index contributed by atoms with van der Waals surface area (Å²) in [6.45, 7) is 2.65. The molecule has 0 aliphatic carbocycles. The minimum absolute atomic E-state index is 0.0135. The highest BCUT2D eigenvalue weighted by Crippen LogP contribution is 2.30. The minimum Gasteiger partial charge on any atom is -0.369 e. The van der Waals surface area contributed by atoms with Crippen molar-refractivity contribution < 1.29 is 31.2 Å². The molecule has 35 heavy (non-hydrogen) atoms. The van der Waals surface area contributed by atoms with Crippen LogP contribution < -0.4 is 15.9 Å². The Morgan fingerprint density at radius 2 is 2.03 bits per heavy atom. The predicted molar refractivity (Wildman–Crippen MR) is 110 cm³/mol. The molecular formula is C20H20F5N7O3.